The summed E-state index contributed by atoms with van der Waals surface area (Å²) in [6, 6.07) is 15.7. The molecule has 0 saturated carbocycles. The number of nitrogens with one attached hydrogen (secondary N) is 1. The molecule has 1 N–H and O–H groups in total. The highest BCUT2D eigenvalue weighted by Crippen LogP contribution is 2.36. The Morgan fingerprint density at radius 3 is 2.50 bits per heavy atom. The molecule has 0 bridgehead atoms. The summed E-state index contributed by atoms with van der Waals surface area (Å²) in [4.78, 5) is 0. The second-order valence-corrected chi connectivity index (χ2v) is 5.53. The van der Waals surface area contributed by atoms with E-state index < -0.39 is 0 Å². The Hall–Kier alpha value is -2.59. The fourth-order valence-corrected chi connectivity index (χ4v) is 2.79. The fraction of sp³-hybridized carbons (Fsp3) is 0.0588. The third kappa shape index (κ3) is 2.00. The van der Waals surface area contributed by atoms with E-state index in [9.17, 15) is 0 Å². The molecule has 0 atom stereocenters. The minimum Gasteiger partial charge on any atom is -0.336 e. The van der Waals surface area contributed by atoms with Gasteiger partial charge < -0.3 is 4.52 Å². The summed E-state index contributed by atoms with van der Waals surface area (Å²) in [5.41, 5.74) is 8.68. The molecule has 2 aromatic carbocycles. The van der Waals surface area contributed by atoms with Crippen LogP contribution in [0.5, 0.6) is 0 Å². The van der Waals surface area contributed by atoms with Gasteiger partial charge in [0.2, 0.25) is 0 Å². The van der Waals surface area contributed by atoms with Crippen molar-refractivity contribution >= 4 is 23.2 Å². The molecule has 0 saturated heterocycles. The average molecular weight is 310 g/mol. The number of aromatic nitrogens is 1. The van der Waals surface area contributed by atoms with Gasteiger partial charge >= 0.3 is 0 Å². The van der Waals surface area contributed by atoms with E-state index in [1.165, 1.54) is 0 Å². The highest BCUT2D eigenvalue weighted by Gasteiger charge is 2.23. The second kappa shape index (κ2) is 5.00. The van der Waals surface area contributed by atoms with Gasteiger partial charge in [0.15, 0.2) is 0 Å². The van der Waals surface area contributed by atoms with Gasteiger partial charge in [-0.25, -0.2) is 5.43 Å². The summed E-state index contributed by atoms with van der Waals surface area (Å²) in [7, 11) is 0. The molecule has 1 aliphatic heterocycles. The van der Waals surface area contributed by atoms with Crippen molar-refractivity contribution < 1.29 is 4.52 Å². The summed E-state index contributed by atoms with van der Waals surface area (Å²) in [5, 5.41) is 9.23. The summed E-state index contributed by atoms with van der Waals surface area (Å²) >= 11 is 5.98. The van der Waals surface area contributed by atoms with Crippen LogP contribution in [0, 0.1) is 6.92 Å². The number of anilines is 1. The second-order valence-electron chi connectivity index (χ2n) is 5.10. The van der Waals surface area contributed by atoms with Gasteiger partial charge in [0, 0.05) is 16.1 Å². The van der Waals surface area contributed by atoms with Crippen LogP contribution in [0.2, 0.25) is 5.02 Å². The zero-order valence-electron chi connectivity index (χ0n) is 11.8. The monoisotopic (exact) mass is 309 g/mol. The van der Waals surface area contributed by atoms with Crippen molar-refractivity contribution in [3.63, 3.8) is 0 Å². The maximum atomic E-state index is 5.98. The van der Waals surface area contributed by atoms with Crippen molar-refractivity contribution in [2.45, 2.75) is 6.92 Å². The third-order valence-corrected chi connectivity index (χ3v) is 3.95. The lowest BCUT2D eigenvalue weighted by molar-refractivity contribution is 0.427. The van der Waals surface area contributed by atoms with Crippen LogP contribution in [0.25, 0.3) is 11.1 Å². The van der Waals surface area contributed by atoms with Crippen molar-refractivity contribution in [3.05, 3.63) is 70.4 Å². The number of hydrogen-bond acceptors (Lipinski definition) is 4. The molecule has 0 amide bonds. The highest BCUT2D eigenvalue weighted by atomic mass is 35.5. The fourth-order valence-electron chi connectivity index (χ4n) is 2.67. The molecule has 0 spiro atoms. The van der Waals surface area contributed by atoms with Crippen LogP contribution in [0.4, 0.5) is 5.88 Å². The highest BCUT2D eigenvalue weighted by molar-refractivity contribution is 6.30. The van der Waals surface area contributed by atoms with Gasteiger partial charge in [-0.2, -0.15) is 5.10 Å². The van der Waals surface area contributed by atoms with E-state index in [-0.39, 0.29) is 0 Å². The molecule has 4 nitrogen and oxygen atoms in total. The number of aryl methyl sites for hydroxylation is 1. The molecule has 22 heavy (non-hydrogen) atoms. The lowest BCUT2D eigenvalue weighted by Gasteiger charge is -2.09. The van der Waals surface area contributed by atoms with Crippen LogP contribution < -0.4 is 5.43 Å². The molecule has 0 fully saturated rings. The average Bonchev–Trinajstić information content (AvgIpc) is 2.82. The maximum absolute atomic E-state index is 5.98. The SMILES string of the molecule is Cc1noc2c1-c1ccccc1C(c1ccc(Cl)cc1)=NN2. The van der Waals surface area contributed by atoms with E-state index >= 15 is 0 Å². The van der Waals surface area contributed by atoms with Crippen LogP contribution >= 0.6 is 11.6 Å². The topological polar surface area (TPSA) is 50.4 Å². The quantitative estimate of drug-likeness (QED) is 0.721. The molecular weight excluding hydrogens is 298 g/mol. The summed E-state index contributed by atoms with van der Waals surface area (Å²) in [5.74, 6) is 0.564. The van der Waals surface area contributed by atoms with Crippen LogP contribution in [-0.4, -0.2) is 10.9 Å². The van der Waals surface area contributed by atoms with E-state index in [1.807, 2.05) is 49.4 Å². The molecular formula is C17H12ClN3O. The lowest BCUT2D eigenvalue weighted by atomic mass is 9.94. The van der Waals surface area contributed by atoms with Gasteiger partial charge in [-0.3, -0.25) is 0 Å². The molecule has 1 aromatic heterocycles. The molecule has 5 heteroatoms. The minimum atomic E-state index is 0.564. The maximum Gasteiger partial charge on any atom is 0.252 e. The van der Waals surface area contributed by atoms with Gasteiger partial charge in [0.1, 0.15) is 0 Å². The number of hydrazone groups is 1. The molecule has 0 radical (unpaired) electrons. The zero-order valence-corrected chi connectivity index (χ0v) is 12.6. The van der Waals surface area contributed by atoms with E-state index in [4.69, 9.17) is 16.1 Å². The standard InChI is InChI=1S/C17H12ClN3O/c1-10-15-13-4-2-3-5-14(13)16(19-20-17(15)22-21-10)11-6-8-12(18)9-7-11/h2-9,20H,1H3. The van der Waals surface area contributed by atoms with Crippen LogP contribution in [0.3, 0.4) is 0 Å². The normalized spacial score (nSPS) is 12.7. The summed E-state index contributed by atoms with van der Waals surface area (Å²) in [6.45, 7) is 1.92. The van der Waals surface area contributed by atoms with E-state index in [2.05, 4.69) is 21.8 Å². The van der Waals surface area contributed by atoms with E-state index in [0.29, 0.717) is 10.9 Å². The number of rotatable bonds is 1. The Labute approximate surface area is 132 Å². The number of fused-ring (bicyclic) bond motifs is 3. The first-order valence-electron chi connectivity index (χ1n) is 6.90. The zero-order chi connectivity index (χ0) is 15.1. The molecule has 4 rings (SSSR count). The smallest absolute Gasteiger partial charge is 0.252 e. The van der Waals surface area contributed by atoms with E-state index in [1.54, 1.807) is 0 Å². The lowest BCUT2D eigenvalue weighted by Crippen LogP contribution is -2.05. The Morgan fingerprint density at radius 1 is 1.00 bits per heavy atom. The van der Waals surface area contributed by atoms with Crippen molar-refractivity contribution in [3.8, 4) is 11.1 Å². The number of benzene rings is 2. The Bertz CT molecular complexity index is 881. The van der Waals surface area contributed by atoms with Crippen LogP contribution in [0.15, 0.2) is 58.2 Å². The Morgan fingerprint density at radius 2 is 1.73 bits per heavy atom. The van der Waals surface area contributed by atoms with Gasteiger partial charge in [-0.1, -0.05) is 53.2 Å². The van der Waals surface area contributed by atoms with Gasteiger partial charge in [-0.15, -0.1) is 0 Å². The first-order chi connectivity index (χ1) is 10.7. The third-order valence-electron chi connectivity index (χ3n) is 3.70. The molecule has 2 heterocycles. The molecule has 3 aromatic rings. The largest absolute Gasteiger partial charge is 0.336 e. The van der Waals surface area contributed by atoms with Gasteiger partial charge in [0.25, 0.3) is 5.88 Å². The summed E-state index contributed by atoms with van der Waals surface area (Å²) in [6.07, 6.45) is 0. The summed E-state index contributed by atoms with van der Waals surface area (Å²) < 4.78 is 5.34. The van der Waals surface area contributed by atoms with Crippen molar-refractivity contribution in [2.24, 2.45) is 5.10 Å². The van der Waals surface area contributed by atoms with Crippen molar-refractivity contribution in [2.75, 3.05) is 5.43 Å². The van der Waals surface area contributed by atoms with Gasteiger partial charge in [0.05, 0.1) is 17.0 Å². The van der Waals surface area contributed by atoms with Crippen molar-refractivity contribution in [1.29, 1.82) is 0 Å². The first-order valence-corrected chi connectivity index (χ1v) is 7.27. The van der Waals surface area contributed by atoms with Gasteiger partial charge in [-0.05, 0) is 24.6 Å². The first kappa shape index (κ1) is 13.1. The van der Waals surface area contributed by atoms with Crippen LogP contribution in [0.1, 0.15) is 16.8 Å². The number of hydrogen-bond donors (Lipinski definition) is 1. The number of halogens is 1. The van der Waals surface area contributed by atoms with Crippen molar-refractivity contribution in [1.82, 2.24) is 5.16 Å². The minimum absolute atomic E-state index is 0.564. The molecule has 0 aliphatic carbocycles. The Balaban J connectivity index is 1.96. The molecule has 1 aliphatic rings. The molecule has 108 valence electrons. The van der Waals surface area contributed by atoms with E-state index in [0.717, 1.165) is 33.7 Å². The predicted molar refractivity (Wildman–Crippen MR) is 87.4 cm³/mol. The molecule has 0 unspecified atom stereocenters. The Kier molecular flexibility index (Phi) is 2.98. The number of nitrogens with zero attached hydrogens (tertiary/aromatic N) is 2. The van der Waals surface area contributed by atoms with Crippen LogP contribution in [-0.2, 0) is 0 Å². The predicted octanol–water partition coefficient (Wildman–Crippen LogP) is 4.48.